The third kappa shape index (κ3) is 3.18. The van der Waals surface area contributed by atoms with Gasteiger partial charge in [0.05, 0.1) is 14.2 Å². The van der Waals surface area contributed by atoms with Crippen molar-refractivity contribution in [3.63, 3.8) is 0 Å². The minimum atomic E-state index is 0.0356. The summed E-state index contributed by atoms with van der Waals surface area (Å²) in [5.41, 5.74) is 6.48. The summed E-state index contributed by atoms with van der Waals surface area (Å²) in [6.45, 7) is 4.42. The van der Waals surface area contributed by atoms with Crippen LogP contribution in [-0.4, -0.2) is 26.4 Å². The van der Waals surface area contributed by atoms with Crippen molar-refractivity contribution in [3.8, 4) is 17.2 Å². The Hall–Kier alpha value is -1.42. The number of benzene rings is 1. The molecule has 1 saturated carbocycles. The molecule has 0 radical (unpaired) electrons. The predicted octanol–water partition coefficient (Wildman–Crippen LogP) is 2.99. The smallest absolute Gasteiger partial charge is 0.127 e. The molecule has 0 saturated heterocycles. The van der Waals surface area contributed by atoms with Crippen molar-refractivity contribution in [2.45, 2.75) is 45.3 Å². The van der Waals surface area contributed by atoms with Crippen LogP contribution in [0.4, 0.5) is 0 Å². The van der Waals surface area contributed by atoms with Crippen LogP contribution in [0.5, 0.6) is 17.2 Å². The Bertz CT molecular complexity index is 437. The van der Waals surface area contributed by atoms with Gasteiger partial charge in [-0.2, -0.15) is 0 Å². The van der Waals surface area contributed by atoms with Gasteiger partial charge in [-0.05, 0) is 24.7 Å². The van der Waals surface area contributed by atoms with Gasteiger partial charge in [0.1, 0.15) is 23.4 Å². The van der Waals surface area contributed by atoms with Gasteiger partial charge >= 0.3 is 0 Å². The van der Waals surface area contributed by atoms with Gasteiger partial charge in [-0.1, -0.05) is 13.8 Å². The molecule has 4 heteroatoms. The highest BCUT2D eigenvalue weighted by atomic mass is 16.5. The van der Waals surface area contributed by atoms with Crippen LogP contribution in [0.25, 0.3) is 0 Å². The molecule has 20 heavy (non-hydrogen) atoms. The van der Waals surface area contributed by atoms with E-state index in [1.54, 1.807) is 14.2 Å². The molecular formula is C16H25NO3. The summed E-state index contributed by atoms with van der Waals surface area (Å²) in [7, 11) is 3.27. The highest BCUT2D eigenvalue weighted by Gasteiger charge is 2.37. The standard InChI is InChI=1S/C16H25NO3/c1-16(2)7-5-6-14(15(16)17)20-13-9-11(18-3)8-12(10-13)19-4/h8-10,14-15H,5-7,17H2,1-4H3. The zero-order chi connectivity index (χ0) is 14.8. The lowest BCUT2D eigenvalue weighted by molar-refractivity contribution is 0.0565. The molecule has 1 fully saturated rings. The van der Waals surface area contributed by atoms with Crippen LogP contribution in [0.1, 0.15) is 33.1 Å². The van der Waals surface area contributed by atoms with E-state index in [9.17, 15) is 0 Å². The summed E-state index contributed by atoms with van der Waals surface area (Å²) in [6, 6.07) is 5.61. The zero-order valence-electron chi connectivity index (χ0n) is 12.8. The summed E-state index contributed by atoms with van der Waals surface area (Å²) < 4.78 is 16.6. The number of rotatable bonds is 4. The van der Waals surface area contributed by atoms with Crippen molar-refractivity contribution < 1.29 is 14.2 Å². The van der Waals surface area contributed by atoms with Crippen molar-refractivity contribution in [1.29, 1.82) is 0 Å². The van der Waals surface area contributed by atoms with E-state index in [2.05, 4.69) is 13.8 Å². The van der Waals surface area contributed by atoms with Crippen LogP contribution in [0.15, 0.2) is 18.2 Å². The van der Waals surface area contributed by atoms with Crippen LogP contribution >= 0.6 is 0 Å². The Labute approximate surface area is 121 Å². The van der Waals surface area contributed by atoms with Crippen molar-refractivity contribution in [1.82, 2.24) is 0 Å². The molecule has 0 aliphatic heterocycles. The molecule has 0 heterocycles. The van der Waals surface area contributed by atoms with Gasteiger partial charge < -0.3 is 19.9 Å². The quantitative estimate of drug-likeness (QED) is 0.920. The van der Waals surface area contributed by atoms with Crippen molar-refractivity contribution >= 4 is 0 Å². The minimum absolute atomic E-state index is 0.0356. The predicted molar refractivity (Wildman–Crippen MR) is 79.6 cm³/mol. The van der Waals surface area contributed by atoms with Gasteiger partial charge in [0.2, 0.25) is 0 Å². The molecule has 0 aromatic heterocycles. The fraction of sp³-hybridized carbons (Fsp3) is 0.625. The Morgan fingerprint density at radius 3 is 2.15 bits per heavy atom. The maximum absolute atomic E-state index is 6.36. The van der Waals surface area contributed by atoms with Crippen LogP contribution in [0.3, 0.4) is 0 Å². The number of nitrogens with two attached hydrogens (primary N) is 1. The summed E-state index contributed by atoms with van der Waals surface area (Å²) >= 11 is 0. The molecule has 2 unspecified atom stereocenters. The van der Waals surface area contributed by atoms with Crippen molar-refractivity contribution in [2.24, 2.45) is 11.1 Å². The highest BCUT2D eigenvalue weighted by molar-refractivity contribution is 5.42. The fourth-order valence-electron chi connectivity index (χ4n) is 2.76. The van der Waals surface area contributed by atoms with Crippen LogP contribution in [0.2, 0.25) is 0 Å². The maximum Gasteiger partial charge on any atom is 0.127 e. The van der Waals surface area contributed by atoms with Gasteiger partial charge in [0, 0.05) is 24.2 Å². The average Bonchev–Trinajstić information content (AvgIpc) is 2.43. The van der Waals surface area contributed by atoms with E-state index >= 15 is 0 Å². The van der Waals surface area contributed by atoms with Gasteiger partial charge in [0.15, 0.2) is 0 Å². The van der Waals surface area contributed by atoms with Gasteiger partial charge in [0.25, 0.3) is 0 Å². The second-order valence-corrected chi connectivity index (χ2v) is 6.11. The molecule has 1 aliphatic rings. The second-order valence-electron chi connectivity index (χ2n) is 6.11. The summed E-state index contributed by atoms with van der Waals surface area (Å²) in [6.07, 6.45) is 3.32. The Kier molecular flexibility index (Phi) is 4.43. The summed E-state index contributed by atoms with van der Waals surface area (Å²) in [4.78, 5) is 0. The molecule has 2 rings (SSSR count). The van der Waals surface area contributed by atoms with Crippen LogP contribution < -0.4 is 19.9 Å². The summed E-state index contributed by atoms with van der Waals surface area (Å²) in [5, 5.41) is 0. The largest absolute Gasteiger partial charge is 0.496 e. The van der Waals surface area contributed by atoms with E-state index in [1.807, 2.05) is 18.2 Å². The number of hydrogen-bond acceptors (Lipinski definition) is 4. The zero-order valence-corrected chi connectivity index (χ0v) is 12.8. The molecule has 4 nitrogen and oxygen atoms in total. The molecule has 0 spiro atoms. The fourth-order valence-corrected chi connectivity index (χ4v) is 2.76. The molecule has 1 aliphatic carbocycles. The number of hydrogen-bond donors (Lipinski definition) is 1. The van der Waals surface area contributed by atoms with E-state index in [4.69, 9.17) is 19.9 Å². The maximum atomic E-state index is 6.36. The summed E-state index contributed by atoms with van der Waals surface area (Å²) in [5.74, 6) is 2.20. The first kappa shape index (κ1) is 15.0. The minimum Gasteiger partial charge on any atom is -0.496 e. The van der Waals surface area contributed by atoms with E-state index < -0.39 is 0 Å². The topological polar surface area (TPSA) is 53.7 Å². The third-order valence-electron chi connectivity index (χ3n) is 4.23. The first-order chi connectivity index (χ1) is 9.46. The van der Waals surface area contributed by atoms with E-state index in [0.717, 1.165) is 36.5 Å². The lowest BCUT2D eigenvalue weighted by Gasteiger charge is -2.41. The normalized spacial score (nSPS) is 25.1. The third-order valence-corrected chi connectivity index (χ3v) is 4.23. The van der Waals surface area contributed by atoms with Crippen LogP contribution in [0, 0.1) is 5.41 Å². The first-order valence-corrected chi connectivity index (χ1v) is 7.11. The molecule has 1 aromatic rings. The Morgan fingerprint density at radius 2 is 1.60 bits per heavy atom. The number of methoxy groups -OCH3 is 2. The average molecular weight is 279 g/mol. The SMILES string of the molecule is COc1cc(OC)cc(OC2CCCC(C)(C)C2N)c1. The lowest BCUT2D eigenvalue weighted by atomic mass is 9.72. The second kappa shape index (κ2) is 5.92. The first-order valence-electron chi connectivity index (χ1n) is 7.11. The molecule has 112 valence electrons. The van der Waals surface area contributed by atoms with E-state index in [-0.39, 0.29) is 17.6 Å². The van der Waals surface area contributed by atoms with E-state index in [0.29, 0.717) is 0 Å². The van der Waals surface area contributed by atoms with Gasteiger partial charge in [-0.25, -0.2) is 0 Å². The Morgan fingerprint density at radius 1 is 1.05 bits per heavy atom. The molecule has 2 N–H and O–H groups in total. The molecular weight excluding hydrogens is 254 g/mol. The molecule has 1 aromatic carbocycles. The monoisotopic (exact) mass is 279 g/mol. The lowest BCUT2D eigenvalue weighted by Crippen LogP contribution is -2.51. The molecule has 2 atom stereocenters. The van der Waals surface area contributed by atoms with Gasteiger partial charge in [-0.15, -0.1) is 0 Å². The van der Waals surface area contributed by atoms with Crippen molar-refractivity contribution in [3.05, 3.63) is 18.2 Å². The highest BCUT2D eigenvalue weighted by Crippen LogP contribution is 2.37. The Balaban J connectivity index is 2.16. The van der Waals surface area contributed by atoms with Crippen LogP contribution in [-0.2, 0) is 0 Å². The van der Waals surface area contributed by atoms with Gasteiger partial charge in [-0.3, -0.25) is 0 Å². The molecule has 0 amide bonds. The van der Waals surface area contributed by atoms with Crippen molar-refractivity contribution in [2.75, 3.05) is 14.2 Å². The number of ether oxygens (including phenoxy) is 3. The van der Waals surface area contributed by atoms with E-state index in [1.165, 1.54) is 0 Å². The molecule has 0 bridgehead atoms.